The fourth-order valence-corrected chi connectivity index (χ4v) is 1.35. The minimum absolute atomic E-state index is 0.00722. The minimum Gasteiger partial charge on any atom is -0.384 e. The average Bonchev–Trinajstić information content (AvgIpc) is 2.07. The van der Waals surface area contributed by atoms with Crippen molar-refractivity contribution in [1.82, 2.24) is 5.32 Å². The minimum atomic E-state index is -0.00722. The van der Waals surface area contributed by atoms with Gasteiger partial charge in [0.15, 0.2) is 0 Å². The Balaban J connectivity index is 2.14. The van der Waals surface area contributed by atoms with Gasteiger partial charge in [-0.1, -0.05) is 18.3 Å². The first-order valence-electron chi connectivity index (χ1n) is 4.23. The van der Waals surface area contributed by atoms with Crippen molar-refractivity contribution in [3.63, 3.8) is 0 Å². The molecule has 0 aromatic carbocycles. The van der Waals surface area contributed by atoms with E-state index in [1.807, 2.05) is 0 Å². The monoisotopic (exact) mass is 153 g/mol. The molecule has 0 bridgehead atoms. The third kappa shape index (κ3) is 3.41. The summed E-state index contributed by atoms with van der Waals surface area (Å²) in [5.41, 5.74) is 0. The van der Waals surface area contributed by atoms with Crippen LogP contribution < -0.4 is 5.32 Å². The molecule has 2 heteroatoms. The predicted molar refractivity (Wildman–Crippen MR) is 45.1 cm³/mol. The molecule has 1 atom stereocenters. The van der Waals surface area contributed by atoms with Crippen LogP contribution in [0.25, 0.3) is 0 Å². The molecular weight excluding hydrogens is 138 g/mol. The Morgan fingerprint density at radius 3 is 2.91 bits per heavy atom. The lowest BCUT2D eigenvalue weighted by Gasteiger charge is -2.20. The quantitative estimate of drug-likeness (QED) is 0.538. The summed E-state index contributed by atoms with van der Waals surface area (Å²) < 4.78 is 0. The standard InChI is InChI=1S/C9H15NO/c11-8-4-2-6-9-5-1-3-7-10-9/h9-11H,1,3,5-8H2. The van der Waals surface area contributed by atoms with Crippen LogP contribution in [-0.2, 0) is 0 Å². The molecule has 1 unspecified atom stereocenters. The SMILES string of the molecule is OCC#CCC1CCCCN1. The normalized spacial score (nSPS) is 23.9. The molecule has 0 saturated carbocycles. The largest absolute Gasteiger partial charge is 0.384 e. The maximum atomic E-state index is 8.40. The van der Waals surface area contributed by atoms with Crippen LogP contribution in [0.3, 0.4) is 0 Å². The van der Waals surface area contributed by atoms with Gasteiger partial charge in [-0.15, -0.1) is 0 Å². The lowest BCUT2D eigenvalue weighted by Crippen LogP contribution is -2.33. The zero-order chi connectivity index (χ0) is 7.94. The molecule has 1 rings (SSSR count). The molecule has 0 radical (unpaired) electrons. The van der Waals surface area contributed by atoms with Gasteiger partial charge in [0.1, 0.15) is 6.61 Å². The second-order valence-corrected chi connectivity index (χ2v) is 2.86. The molecular formula is C9H15NO. The van der Waals surface area contributed by atoms with Crippen molar-refractivity contribution in [3.05, 3.63) is 0 Å². The van der Waals surface area contributed by atoms with Gasteiger partial charge in [0.2, 0.25) is 0 Å². The van der Waals surface area contributed by atoms with Crippen molar-refractivity contribution >= 4 is 0 Å². The van der Waals surface area contributed by atoms with Crippen molar-refractivity contribution in [2.45, 2.75) is 31.7 Å². The molecule has 1 aliphatic heterocycles. The van der Waals surface area contributed by atoms with Crippen LogP contribution in [0.1, 0.15) is 25.7 Å². The van der Waals surface area contributed by atoms with E-state index in [1.165, 1.54) is 19.3 Å². The highest BCUT2D eigenvalue weighted by Gasteiger charge is 2.09. The summed E-state index contributed by atoms with van der Waals surface area (Å²) in [6.07, 6.45) is 4.74. The second-order valence-electron chi connectivity index (χ2n) is 2.86. The fraction of sp³-hybridized carbons (Fsp3) is 0.778. The molecule has 1 aliphatic rings. The maximum absolute atomic E-state index is 8.40. The average molecular weight is 153 g/mol. The molecule has 2 N–H and O–H groups in total. The van der Waals surface area contributed by atoms with E-state index in [9.17, 15) is 0 Å². The third-order valence-electron chi connectivity index (χ3n) is 1.96. The summed E-state index contributed by atoms with van der Waals surface area (Å²) in [6, 6.07) is 0.572. The maximum Gasteiger partial charge on any atom is 0.104 e. The van der Waals surface area contributed by atoms with Crippen molar-refractivity contribution in [1.29, 1.82) is 0 Å². The smallest absolute Gasteiger partial charge is 0.104 e. The molecule has 1 heterocycles. The molecule has 0 amide bonds. The zero-order valence-corrected chi connectivity index (χ0v) is 6.77. The summed E-state index contributed by atoms with van der Waals surface area (Å²) in [5, 5.41) is 11.8. The van der Waals surface area contributed by atoms with Gasteiger partial charge >= 0.3 is 0 Å². The first kappa shape index (κ1) is 8.58. The van der Waals surface area contributed by atoms with E-state index in [1.54, 1.807) is 0 Å². The van der Waals surface area contributed by atoms with Crippen molar-refractivity contribution in [2.24, 2.45) is 0 Å². The Labute approximate surface area is 68.0 Å². The van der Waals surface area contributed by atoms with Gasteiger partial charge in [-0.2, -0.15) is 0 Å². The lowest BCUT2D eigenvalue weighted by molar-refractivity contribution is 0.350. The van der Waals surface area contributed by atoms with E-state index in [0.717, 1.165) is 13.0 Å². The topological polar surface area (TPSA) is 32.3 Å². The summed E-state index contributed by atoms with van der Waals surface area (Å²) >= 11 is 0. The Hall–Kier alpha value is -0.520. The summed E-state index contributed by atoms with van der Waals surface area (Å²) in [5.74, 6) is 5.60. The first-order chi connectivity index (χ1) is 5.43. The summed E-state index contributed by atoms with van der Waals surface area (Å²) in [7, 11) is 0. The van der Waals surface area contributed by atoms with Crippen LogP contribution in [0.2, 0.25) is 0 Å². The summed E-state index contributed by atoms with van der Waals surface area (Å²) in [4.78, 5) is 0. The molecule has 0 aromatic rings. The van der Waals surface area contributed by atoms with Crippen LogP contribution in [0, 0.1) is 11.8 Å². The highest BCUT2D eigenvalue weighted by Crippen LogP contribution is 2.08. The zero-order valence-electron chi connectivity index (χ0n) is 6.77. The van der Waals surface area contributed by atoms with Gasteiger partial charge in [-0.05, 0) is 19.4 Å². The van der Waals surface area contributed by atoms with Gasteiger partial charge in [0.25, 0.3) is 0 Å². The van der Waals surface area contributed by atoms with Gasteiger partial charge in [-0.25, -0.2) is 0 Å². The number of nitrogens with one attached hydrogen (secondary N) is 1. The summed E-state index contributed by atoms with van der Waals surface area (Å²) in [6.45, 7) is 1.12. The van der Waals surface area contributed by atoms with E-state index in [-0.39, 0.29) is 6.61 Å². The van der Waals surface area contributed by atoms with Crippen LogP contribution in [-0.4, -0.2) is 24.3 Å². The molecule has 11 heavy (non-hydrogen) atoms. The number of piperidine rings is 1. The number of aliphatic hydroxyl groups excluding tert-OH is 1. The molecule has 0 aliphatic carbocycles. The van der Waals surface area contributed by atoms with E-state index in [2.05, 4.69) is 17.2 Å². The van der Waals surface area contributed by atoms with E-state index in [0.29, 0.717) is 6.04 Å². The van der Waals surface area contributed by atoms with E-state index < -0.39 is 0 Å². The van der Waals surface area contributed by atoms with Gasteiger partial charge in [0, 0.05) is 12.5 Å². The predicted octanol–water partition coefficient (Wildman–Crippen LogP) is 0.514. The Morgan fingerprint density at radius 2 is 2.27 bits per heavy atom. The van der Waals surface area contributed by atoms with Crippen molar-refractivity contribution < 1.29 is 5.11 Å². The van der Waals surface area contributed by atoms with E-state index >= 15 is 0 Å². The lowest BCUT2D eigenvalue weighted by atomic mass is 10.0. The Morgan fingerprint density at radius 1 is 1.36 bits per heavy atom. The van der Waals surface area contributed by atoms with Gasteiger partial charge in [0.05, 0.1) is 0 Å². The molecule has 62 valence electrons. The van der Waals surface area contributed by atoms with Gasteiger partial charge < -0.3 is 10.4 Å². The number of aliphatic hydroxyl groups is 1. The highest BCUT2D eigenvalue weighted by atomic mass is 16.2. The van der Waals surface area contributed by atoms with Crippen LogP contribution in [0.15, 0.2) is 0 Å². The third-order valence-corrected chi connectivity index (χ3v) is 1.96. The van der Waals surface area contributed by atoms with Crippen LogP contribution in [0.5, 0.6) is 0 Å². The fourth-order valence-electron chi connectivity index (χ4n) is 1.35. The number of hydrogen-bond acceptors (Lipinski definition) is 2. The number of rotatable bonds is 1. The molecule has 0 aromatic heterocycles. The molecule has 2 nitrogen and oxygen atoms in total. The molecule has 1 fully saturated rings. The van der Waals surface area contributed by atoms with Crippen molar-refractivity contribution in [3.8, 4) is 11.8 Å². The van der Waals surface area contributed by atoms with Crippen LogP contribution >= 0.6 is 0 Å². The second kappa shape index (κ2) is 5.17. The molecule has 1 saturated heterocycles. The molecule has 0 spiro atoms. The highest BCUT2D eigenvalue weighted by molar-refractivity contribution is 5.01. The van der Waals surface area contributed by atoms with Gasteiger partial charge in [-0.3, -0.25) is 0 Å². The number of hydrogen-bond donors (Lipinski definition) is 2. The van der Waals surface area contributed by atoms with E-state index in [4.69, 9.17) is 5.11 Å². The Bertz CT molecular complexity index is 151. The Kier molecular flexibility index (Phi) is 4.03. The first-order valence-corrected chi connectivity index (χ1v) is 4.23. The van der Waals surface area contributed by atoms with Crippen LogP contribution in [0.4, 0.5) is 0 Å². The van der Waals surface area contributed by atoms with Crippen molar-refractivity contribution in [2.75, 3.05) is 13.2 Å².